The zero-order valence-electron chi connectivity index (χ0n) is 25.1. The summed E-state index contributed by atoms with van der Waals surface area (Å²) in [6.07, 6.45) is 0. The molecular weight excluding hydrogens is 667 g/mol. The predicted molar refractivity (Wildman–Crippen MR) is 197 cm³/mol. The van der Waals surface area contributed by atoms with E-state index in [1.54, 1.807) is 0 Å². The molecule has 0 bridgehead atoms. The van der Waals surface area contributed by atoms with Gasteiger partial charge in [-0.15, -0.1) is 99.1 Å². The number of hydrogen-bond acceptors (Lipinski definition) is 0. The van der Waals surface area contributed by atoms with Crippen LogP contribution in [0.1, 0.15) is 16.7 Å². The van der Waals surface area contributed by atoms with Gasteiger partial charge in [0.05, 0.1) is 0 Å². The smallest absolute Gasteiger partial charge is 0.0771 e. The predicted octanol–water partition coefficient (Wildman–Crippen LogP) is 11.9. The maximum absolute atomic E-state index is 2.26. The number of aryl methyl sites for hydroxylation is 1. The fourth-order valence-corrected chi connectivity index (χ4v) is 6.35. The molecule has 45 heavy (non-hydrogen) atoms. The molecule has 0 fully saturated rings. The monoisotopic (exact) mass is 698 g/mol. The molecule has 0 atom stereocenters. The van der Waals surface area contributed by atoms with Gasteiger partial charge in [-0.1, -0.05) is 85.3 Å². The fraction of sp³-hybridized carbons (Fsp3) is 0.0238. The zero-order valence-corrected chi connectivity index (χ0v) is 29.2. The number of fused-ring (bicyclic) bond motifs is 4. The molecule has 0 N–H and O–H groups in total. The first kappa shape index (κ1) is 34.0. The average Bonchev–Trinajstić information content (AvgIpc) is 3.66. The topological polar surface area (TPSA) is 0 Å². The average molecular weight is 701 g/mol. The van der Waals surface area contributed by atoms with Crippen LogP contribution in [-0.4, -0.2) is 3.21 Å². The van der Waals surface area contributed by atoms with Crippen LogP contribution in [0.4, 0.5) is 0 Å². The molecule has 0 aliphatic rings. The minimum absolute atomic E-state index is 0. The molecule has 8 aromatic rings. The van der Waals surface area contributed by atoms with Crippen molar-refractivity contribution in [3.8, 4) is 11.1 Å². The van der Waals surface area contributed by atoms with Gasteiger partial charge in [-0.2, -0.15) is 6.07 Å². The molecule has 0 aliphatic carbocycles. The molecule has 0 spiro atoms. The fourth-order valence-electron chi connectivity index (χ4n) is 5.53. The third-order valence-corrected chi connectivity index (χ3v) is 9.05. The van der Waals surface area contributed by atoms with Crippen molar-refractivity contribution in [3.05, 3.63) is 193 Å². The van der Waals surface area contributed by atoms with E-state index in [2.05, 4.69) is 183 Å². The van der Waals surface area contributed by atoms with E-state index in [1.807, 2.05) is 0 Å². The van der Waals surface area contributed by atoms with Gasteiger partial charge in [-0.3, -0.25) is 0 Å². The SMILES string of the molecule is Cc1cc2c(-c3ccccc3)cccc2[cH-]1.Cl.Cl.[Zr+2]=[C](c1ccccc1)c1ccccc1.c1ccc2c(c1)[cH-]c1ccccc12. The maximum atomic E-state index is 2.26. The van der Waals surface area contributed by atoms with Crippen LogP contribution in [-0.2, 0) is 24.2 Å². The summed E-state index contributed by atoms with van der Waals surface area (Å²) < 4.78 is 1.42. The summed E-state index contributed by atoms with van der Waals surface area (Å²) in [7, 11) is 0. The molecule has 220 valence electrons. The van der Waals surface area contributed by atoms with Crippen molar-refractivity contribution in [2.24, 2.45) is 0 Å². The quantitative estimate of drug-likeness (QED) is 0.161. The van der Waals surface area contributed by atoms with E-state index in [-0.39, 0.29) is 24.8 Å². The minimum Gasteiger partial charge on any atom is -0.126 e. The summed E-state index contributed by atoms with van der Waals surface area (Å²) in [5, 5.41) is 8.08. The Bertz CT molecular complexity index is 2000. The third kappa shape index (κ3) is 8.24. The molecule has 0 aliphatic heterocycles. The Morgan fingerprint density at radius 1 is 0.444 bits per heavy atom. The Labute approximate surface area is 293 Å². The second-order valence-electron chi connectivity index (χ2n) is 10.6. The van der Waals surface area contributed by atoms with Crippen LogP contribution in [0.2, 0.25) is 0 Å². The Morgan fingerprint density at radius 3 is 1.40 bits per heavy atom. The summed E-state index contributed by atoms with van der Waals surface area (Å²) in [6.45, 7) is 2.15. The molecule has 3 heteroatoms. The van der Waals surface area contributed by atoms with E-state index in [0.29, 0.717) is 0 Å². The van der Waals surface area contributed by atoms with Crippen LogP contribution in [0.3, 0.4) is 0 Å². The molecule has 0 saturated carbocycles. The normalized spacial score (nSPS) is 10.1. The van der Waals surface area contributed by atoms with Gasteiger partial charge >= 0.3 is 99.2 Å². The Hall–Kier alpha value is -3.87. The molecule has 0 radical (unpaired) electrons. The van der Waals surface area contributed by atoms with Crippen molar-refractivity contribution in [2.45, 2.75) is 6.92 Å². The largest absolute Gasteiger partial charge is 0.126 e. The van der Waals surface area contributed by atoms with Gasteiger partial charge in [0.2, 0.25) is 0 Å². The molecule has 0 aromatic heterocycles. The van der Waals surface area contributed by atoms with Crippen molar-refractivity contribution >= 4 is 60.3 Å². The van der Waals surface area contributed by atoms with E-state index in [1.165, 1.54) is 87.6 Å². The Kier molecular flexibility index (Phi) is 12.4. The molecule has 8 aromatic carbocycles. The first-order valence-corrected chi connectivity index (χ1v) is 15.8. The van der Waals surface area contributed by atoms with E-state index in [0.717, 1.165) is 0 Å². The van der Waals surface area contributed by atoms with Crippen LogP contribution in [0.5, 0.6) is 0 Å². The Balaban J connectivity index is 0.000000151. The molecule has 0 saturated heterocycles. The van der Waals surface area contributed by atoms with E-state index in [4.69, 9.17) is 0 Å². The standard InChI is InChI=1S/C16H13.C13H9.C13H10.2ClH.Zr/c1-12-10-14-8-5-9-15(16(14)11-12)13-6-3-2-4-7-13;1-3-7-12-10(5-1)9-11-6-2-4-8-13(11)12;1-3-7-12(8-4-1)11-13-9-5-2-6-10-13;;;/h2-11H,1H3;1-9H;1-10H;2*1H;/q2*-1;;;;+2. The summed E-state index contributed by atoms with van der Waals surface area (Å²) >= 11 is 1.46. The number of hydrogen-bond donors (Lipinski definition) is 0. The van der Waals surface area contributed by atoms with Crippen molar-refractivity contribution < 1.29 is 24.2 Å². The van der Waals surface area contributed by atoms with Crippen LogP contribution in [0.15, 0.2) is 176 Å². The van der Waals surface area contributed by atoms with Gasteiger partial charge < -0.3 is 0 Å². The van der Waals surface area contributed by atoms with Gasteiger partial charge in [0.25, 0.3) is 0 Å². The van der Waals surface area contributed by atoms with E-state index in [9.17, 15) is 0 Å². The number of halogens is 2. The molecule has 0 unspecified atom stereocenters. The van der Waals surface area contributed by atoms with Crippen molar-refractivity contribution in [1.29, 1.82) is 0 Å². The maximum Gasteiger partial charge on any atom is -0.0771 e. The van der Waals surface area contributed by atoms with Crippen molar-refractivity contribution in [3.63, 3.8) is 0 Å². The Morgan fingerprint density at radius 2 is 0.867 bits per heavy atom. The molecule has 0 heterocycles. The van der Waals surface area contributed by atoms with E-state index < -0.39 is 0 Å². The summed E-state index contributed by atoms with van der Waals surface area (Å²) in [5.41, 5.74) is 6.61. The molecular formula is C42H34Cl2Zr. The summed E-state index contributed by atoms with van der Waals surface area (Å²) in [5.74, 6) is 0. The molecule has 0 nitrogen and oxygen atoms in total. The molecule has 8 rings (SSSR count). The van der Waals surface area contributed by atoms with Crippen LogP contribution in [0, 0.1) is 6.92 Å². The first-order valence-electron chi connectivity index (χ1n) is 14.6. The van der Waals surface area contributed by atoms with Crippen LogP contribution < -0.4 is 0 Å². The van der Waals surface area contributed by atoms with Crippen molar-refractivity contribution in [2.75, 3.05) is 0 Å². The van der Waals surface area contributed by atoms with Crippen LogP contribution >= 0.6 is 24.8 Å². The number of benzene rings is 6. The summed E-state index contributed by atoms with van der Waals surface area (Å²) in [6, 6.07) is 61.9. The van der Waals surface area contributed by atoms with Crippen molar-refractivity contribution in [1.82, 2.24) is 0 Å². The van der Waals surface area contributed by atoms with Gasteiger partial charge in [-0.25, -0.2) is 0 Å². The zero-order chi connectivity index (χ0) is 29.4. The van der Waals surface area contributed by atoms with E-state index >= 15 is 0 Å². The van der Waals surface area contributed by atoms with Gasteiger partial charge in [0.15, 0.2) is 0 Å². The minimum atomic E-state index is 0. The first-order chi connectivity index (χ1) is 21.2. The van der Waals surface area contributed by atoms with Gasteiger partial charge in [0.1, 0.15) is 0 Å². The number of rotatable bonds is 3. The second-order valence-corrected chi connectivity index (χ2v) is 11.9. The van der Waals surface area contributed by atoms with Crippen LogP contribution in [0.25, 0.3) is 43.4 Å². The van der Waals surface area contributed by atoms with Gasteiger partial charge in [-0.05, 0) is 5.56 Å². The third-order valence-electron chi connectivity index (χ3n) is 7.63. The summed E-state index contributed by atoms with van der Waals surface area (Å²) in [4.78, 5) is 0. The second kappa shape index (κ2) is 16.4. The molecule has 0 amide bonds. The van der Waals surface area contributed by atoms with Gasteiger partial charge in [0, 0.05) is 0 Å².